The van der Waals surface area contributed by atoms with Crippen molar-refractivity contribution >= 4 is 56.7 Å². The molecule has 1 aliphatic rings. The Morgan fingerprint density at radius 3 is 2.06 bits per heavy atom. The Morgan fingerprint density at radius 2 is 1.61 bits per heavy atom. The molecule has 6 N–H and O–H groups in total. The van der Waals surface area contributed by atoms with Crippen LogP contribution in [0.15, 0.2) is 0 Å². The number of hydrogen-bond acceptors (Lipinski definition) is 9. The Kier molecular flexibility index (Phi) is 10.5. The van der Waals surface area contributed by atoms with Crippen molar-refractivity contribution in [3.05, 3.63) is 0 Å². The first-order valence-electron chi connectivity index (χ1n) is 4.26. The van der Waals surface area contributed by atoms with Crippen molar-refractivity contribution < 1.29 is 49.5 Å². The first-order chi connectivity index (χ1) is 7.22. The minimum absolute atomic E-state index is 0. The molecule has 0 amide bonds. The van der Waals surface area contributed by atoms with Crippen LogP contribution in [0.3, 0.4) is 0 Å². The maximum Gasteiger partial charge on any atom is 2.00 e. The number of phosphoric ester groups is 1. The standard InChI is InChI=1S/C6H13O9P.Ba.H2O/c7-3-2(1-14-16(11,12)13)15-6(10)5(9)4(3)8;;/h2-10H,1H2,(H2,11,12,13);;1H2/q;+2;/p-2/t2-,3-,4+,5+,6?;;/m1../s1. The summed E-state index contributed by atoms with van der Waals surface area (Å²) in [6.45, 7) is -0.855. The Morgan fingerprint density at radius 1 is 1.11 bits per heavy atom. The van der Waals surface area contributed by atoms with Crippen LogP contribution >= 0.6 is 7.82 Å². The van der Waals surface area contributed by atoms with Gasteiger partial charge in [0, 0.05) is 0 Å². The molecule has 0 aromatic heterocycles. The van der Waals surface area contributed by atoms with Crippen molar-refractivity contribution in [1.29, 1.82) is 0 Å². The molecule has 1 fully saturated rings. The Balaban J connectivity index is 0. The van der Waals surface area contributed by atoms with Gasteiger partial charge in [0.25, 0.3) is 0 Å². The van der Waals surface area contributed by atoms with E-state index in [0.717, 1.165) is 0 Å². The van der Waals surface area contributed by atoms with Gasteiger partial charge in [-0.3, -0.25) is 0 Å². The van der Waals surface area contributed by atoms with Crippen molar-refractivity contribution in [2.24, 2.45) is 0 Å². The van der Waals surface area contributed by atoms with Crippen molar-refractivity contribution in [3.8, 4) is 0 Å². The minimum atomic E-state index is -5.23. The molecule has 0 radical (unpaired) electrons. The fourth-order valence-electron chi connectivity index (χ4n) is 1.23. The van der Waals surface area contributed by atoms with Crippen molar-refractivity contribution in [1.82, 2.24) is 0 Å². The average molecular weight is 413 g/mol. The van der Waals surface area contributed by atoms with E-state index >= 15 is 0 Å². The molecule has 1 aliphatic heterocycles. The number of ether oxygens (including phenoxy) is 1. The van der Waals surface area contributed by atoms with Gasteiger partial charge in [-0.25, -0.2) is 0 Å². The topological polar surface area (TPSA) is 194 Å². The van der Waals surface area contributed by atoms with Crippen LogP contribution in [0.25, 0.3) is 0 Å². The largest absolute Gasteiger partial charge is 2.00 e. The maximum atomic E-state index is 10.1. The Hall–Kier alpha value is 1.44. The van der Waals surface area contributed by atoms with Crippen LogP contribution in [-0.4, -0.2) is 112 Å². The summed E-state index contributed by atoms with van der Waals surface area (Å²) in [7, 11) is -5.23. The van der Waals surface area contributed by atoms with E-state index in [1.54, 1.807) is 0 Å². The van der Waals surface area contributed by atoms with Crippen LogP contribution in [0, 0.1) is 0 Å². The Labute approximate surface area is 142 Å². The molecule has 0 aromatic rings. The zero-order valence-electron chi connectivity index (χ0n) is 9.08. The fourth-order valence-corrected chi connectivity index (χ4v) is 1.56. The summed E-state index contributed by atoms with van der Waals surface area (Å²) in [5, 5.41) is 36.6. The zero-order valence-corrected chi connectivity index (χ0v) is 14.4. The molecule has 1 heterocycles. The van der Waals surface area contributed by atoms with E-state index in [1.165, 1.54) is 0 Å². The van der Waals surface area contributed by atoms with Crippen LogP contribution in [-0.2, 0) is 13.8 Å². The minimum Gasteiger partial charge on any atom is -0.790 e. The van der Waals surface area contributed by atoms with Gasteiger partial charge >= 0.3 is 48.9 Å². The van der Waals surface area contributed by atoms with Crippen LogP contribution in [0.2, 0.25) is 0 Å². The van der Waals surface area contributed by atoms with Gasteiger partial charge in [0.1, 0.15) is 24.4 Å². The number of aliphatic hydroxyl groups is 4. The second-order valence-corrected chi connectivity index (χ2v) is 4.43. The fraction of sp³-hybridized carbons (Fsp3) is 1.00. The van der Waals surface area contributed by atoms with Gasteiger partial charge in [-0.1, -0.05) is 0 Å². The third kappa shape index (κ3) is 6.26. The van der Waals surface area contributed by atoms with Gasteiger partial charge < -0.3 is 49.5 Å². The summed E-state index contributed by atoms with van der Waals surface area (Å²) >= 11 is 0. The van der Waals surface area contributed by atoms with E-state index in [4.69, 9.17) is 10.2 Å². The van der Waals surface area contributed by atoms with Gasteiger partial charge in [0.05, 0.1) is 14.4 Å². The van der Waals surface area contributed by atoms with Gasteiger partial charge in [0.2, 0.25) is 0 Å². The third-order valence-electron chi connectivity index (χ3n) is 2.08. The normalized spacial score (nSPS) is 36.4. The summed E-state index contributed by atoms with van der Waals surface area (Å²) in [5.74, 6) is 0. The summed E-state index contributed by atoms with van der Waals surface area (Å²) in [4.78, 5) is 20.3. The van der Waals surface area contributed by atoms with Crippen LogP contribution < -0.4 is 9.79 Å². The van der Waals surface area contributed by atoms with Crippen molar-refractivity contribution in [3.63, 3.8) is 0 Å². The molecule has 10 nitrogen and oxygen atoms in total. The number of hydrogen-bond donors (Lipinski definition) is 4. The maximum absolute atomic E-state index is 10.1. The van der Waals surface area contributed by atoms with E-state index in [-0.39, 0.29) is 54.4 Å². The average Bonchev–Trinajstić information content (AvgIpc) is 2.17. The van der Waals surface area contributed by atoms with E-state index in [2.05, 4.69) is 9.26 Å². The first-order valence-corrected chi connectivity index (χ1v) is 5.73. The second-order valence-electron chi connectivity index (χ2n) is 3.28. The molecule has 104 valence electrons. The quantitative estimate of drug-likeness (QED) is 0.258. The summed E-state index contributed by atoms with van der Waals surface area (Å²) < 4.78 is 18.5. The van der Waals surface area contributed by atoms with E-state index < -0.39 is 45.1 Å². The molecule has 0 bridgehead atoms. The third-order valence-corrected chi connectivity index (χ3v) is 2.55. The van der Waals surface area contributed by atoms with Crippen LogP contribution in [0.5, 0.6) is 0 Å². The second kappa shape index (κ2) is 8.67. The number of phosphoric acid groups is 1. The zero-order chi connectivity index (χ0) is 12.5. The number of rotatable bonds is 3. The molecular weight excluding hydrogens is 400 g/mol. The predicted molar refractivity (Wildman–Crippen MR) is 51.8 cm³/mol. The molecule has 5 atom stereocenters. The Bertz CT molecular complexity index is 284. The smallest absolute Gasteiger partial charge is 0.790 e. The molecule has 18 heavy (non-hydrogen) atoms. The molecule has 0 spiro atoms. The van der Waals surface area contributed by atoms with Gasteiger partial charge in [-0.2, -0.15) is 0 Å². The van der Waals surface area contributed by atoms with Gasteiger partial charge in [-0.15, -0.1) is 0 Å². The first kappa shape index (κ1) is 21.7. The van der Waals surface area contributed by atoms with E-state index in [1.807, 2.05) is 0 Å². The van der Waals surface area contributed by atoms with Gasteiger partial charge in [-0.05, 0) is 0 Å². The van der Waals surface area contributed by atoms with E-state index in [0.29, 0.717) is 0 Å². The summed E-state index contributed by atoms with van der Waals surface area (Å²) in [5.41, 5.74) is 0. The monoisotopic (exact) mass is 414 g/mol. The van der Waals surface area contributed by atoms with Crippen molar-refractivity contribution in [2.45, 2.75) is 30.7 Å². The summed E-state index contributed by atoms with van der Waals surface area (Å²) in [6, 6.07) is 0. The SMILES string of the molecule is O.O=P([O-])([O-])OC[C@H]1OC(O)[C@@H](O)[C@@H](O)[C@@H]1O.[Ba+2]. The molecule has 0 aromatic carbocycles. The molecule has 1 rings (SSSR count). The molecule has 1 saturated heterocycles. The van der Waals surface area contributed by atoms with Crippen LogP contribution in [0.1, 0.15) is 0 Å². The molecular formula is C6H13BaO10P. The van der Waals surface area contributed by atoms with Crippen LogP contribution in [0.4, 0.5) is 0 Å². The predicted octanol–water partition coefficient (Wildman–Crippen LogP) is -5.57. The van der Waals surface area contributed by atoms with Crippen molar-refractivity contribution in [2.75, 3.05) is 6.61 Å². The molecule has 0 saturated carbocycles. The van der Waals surface area contributed by atoms with E-state index in [9.17, 15) is 24.6 Å². The summed E-state index contributed by atoms with van der Waals surface area (Å²) in [6.07, 6.45) is -8.35. The molecule has 12 heteroatoms. The van der Waals surface area contributed by atoms with Gasteiger partial charge in [0.15, 0.2) is 6.29 Å². The molecule has 0 aliphatic carbocycles. The number of aliphatic hydroxyl groups excluding tert-OH is 4. The molecule has 1 unspecified atom stereocenters.